The number of hydrogen-bond acceptors (Lipinski definition) is 3. The van der Waals surface area contributed by atoms with Crippen LogP contribution in [0.4, 0.5) is 0 Å². The lowest BCUT2D eigenvalue weighted by Crippen LogP contribution is -2.14. The fourth-order valence-electron chi connectivity index (χ4n) is 2.76. The first-order valence-corrected chi connectivity index (χ1v) is 7.48. The molecule has 4 nitrogen and oxygen atoms in total. The van der Waals surface area contributed by atoms with Gasteiger partial charge in [-0.05, 0) is 29.2 Å². The van der Waals surface area contributed by atoms with Crippen LogP contribution in [0.2, 0.25) is 0 Å². The van der Waals surface area contributed by atoms with Crippen molar-refractivity contribution in [2.24, 2.45) is 7.05 Å². The van der Waals surface area contributed by atoms with Gasteiger partial charge in [-0.25, -0.2) is 0 Å². The Morgan fingerprint density at radius 2 is 1.91 bits per heavy atom. The van der Waals surface area contributed by atoms with Gasteiger partial charge in [0.1, 0.15) is 5.56 Å². The van der Waals surface area contributed by atoms with E-state index in [1.54, 1.807) is 7.05 Å². The lowest BCUT2D eigenvalue weighted by molar-refractivity contribution is 0.207. The van der Waals surface area contributed by atoms with Gasteiger partial charge in [-0.2, -0.15) is 4.74 Å². The number of rotatable bonds is 4. The van der Waals surface area contributed by atoms with Crippen molar-refractivity contribution in [3.05, 3.63) is 75.6 Å². The Morgan fingerprint density at radius 1 is 1.13 bits per heavy atom. The topological polar surface area (TPSA) is 44.4 Å². The average molecular weight is 309 g/mol. The van der Waals surface area contributed by atoms with Crippen LogP contribution in [0.1, 0.15) is 16.7 Å². The van der Waals surface area contributed by atoms with Crippen LogP contribution in [0.5, 0.6) is 5.95 Å². The Balaban J connectivity index is 1.99. The predicted molar refractivity (Wildman–Crippen MR) is 89.9 cm³/mol. The van der Waals surface area contributed by atoms with Crippen molar-refractivity contribution >= 4 is 0 Å². The minimum absolute atomic E-state index is 0.164. The number of benzene rings is 2. The molecular weight excluding hydrogens is 290 g/mol. The van der Waals surface area contributed by atoms with Crippen LogP contribution in [-0.4, -0.2) is 11.8 Å². The molecule has 1 heterocycles. The third kappa shape index (κ3) is 2.93. The summed E-state index contributed by atoms with van der Waals surface area (Å²) in [5.41, 5.74) is 4.98. The minimum Gasteiger partial charge on any atom is -0.467 e. The Bertz CT molecular complexity index is 890. The van der Waals surface area contributed by atoms with Crippen LogP contribution in [0.3, 0.4) is 0 Å². The maximum absolute atomic E-state index is 12.2. The Morgan fingerprint density at radius 3 is 2.65 bits per heavy atom. The molecule has 23 heavy (non-hydrogen) atoms. The van der Waals surface area contributed by atoms with E-state index in [-0.39, 0.29) is 11.5 Å². The van der Waals surface area contributed by atoms with Crippen LogP contribution < -0.4 is 10.3 Å². The molecule has 0 unspecified atom stereocenters. The molecule has 0 bridgehead atoms. The molecule has 0 aliphatic rings. The maximum atomic E-state index is 12.2. The summed E-state index contributed by atoms with van der Waals surface area (Å²) < 4.78 is 11.6. The van der Waals surface area contributed by atoms with Gasteiger partial charge >= 0.3 is 5.95 Å². The second-order valence-electron chi connectivity index (χ2n) is 5.56. The average Bonchev–Trinajstić information content (AvgIpc) is 2.83. The molecule has 0 atom stereocenters. The van der Waals surface area contributed by atoms with Gasteiger partial charge in [-0.15, -0.1) is 0 Å². The van der Waals surface area contributed by atoms with Gasteiger partial charge < -0.3 is 9.26 Å². The van der Waals surface area contributed by atoms with E-state index < -0.39 is 0 Å². The zero-order chi connectivity index (χ0) is 16.4. The molecule has 1 aromatic heterocycles. The molecule has 3 aromatic rings. The smallest absolute Gasteiger partial charge is 0.315 e. The van der Waals surface area contributed by atoms with Gasteiger partial charge in [0.2, 0.25) is 0 Å². The Kier molecular flexibility index (Phi) is 4.06. The highest BCUT2D eigenvalue weighted by molar-refractivity contribution is 5.67. The number of methoxy groups -OCH3 is 1. The van der Waals surface area contributed by atoms with E-state index in [2.05, 4.69) is 31.2 Å². The van der Waals surface area contributed by atoms with Gasteiger partial charge in [-0.3, -0.25) is 4.79 Å². The molecular formula is C19H19NO3. The molecule has 0 spiro atoms. The number of aromatic nitrogens is 1. The van der Waals surface area contributed by atoms with Gasteiger partial charge in [0.25, 0.3) is 5.56 Å². The molecule has 0 saturated heterocycles. The first-order valence-electron chi connectivity index (χ1n) is 7.48. The number of hydrogen-bond donors (Lipinski definition) is 0. The summed E-state index contributed by atoms with van der Waals surface area (Å²) in [6.07, 6.45) is 0.478. The van der Waals surface area contributed by atoms with Crippen molar-refractivity contribution in [2.75, 3.05) is 7.11 Å². The monoisotopic (exact) mass is 309 g/mol. The number of nitrogens with zero attached hydrogens (tertiary/aromatic N) is 1. The molecule has 4 heteroatoms. The van der Waals surface area contributed by atoms with Crippen molar-refractivity contribution in [2.45, 2.75) is 13.3 Å². The lowest BCUT2D eigenvalue weighted by atomic mass is 9.97. The minimum atomic E-state index is -0.164. The van der Waals surface area contributed by atoms with Crippen molar-refractivity contribution in [3.63, 3.8) is 0 Å². The van der Waals surface area contributed by atoms with Gasteiger partial charge in [0, 0.05) is 13.5 Å². The van der Waals surface area contributed by atoms with E-state index >= 15 is 0 Å². The van der Waals surface area contributed by atoms with E-state index in [1.165, 1.54) is 23.0 Å². The van der Waals surface area contributed by atoms with Gasteiger partial charge in [-0.1, -0.05) is 48.5 Å². The molecule has 0 amide bonds. The van der Waals surface area contributed by atoms with E-state index in [9.17, 15) is 4.79 Å². The van der Waals surface area contributed by atoms with E-state index in [0.717, 1.165) is 11.1 Å². The zero-order valence-corrected chi connectivity index (χ0v) is 13.5. The lowest BCUT2D eigenvalue weighted by Gasteiger charge is -2.08. The van der Waals surface area contributed by atoms with Crippen LogP contribution in [-0.2, 0) is 13.5 Å². The third-order valence-corrected chi connectivity index (χ3v) is 3.96. The van der Waals surface area contributed by atoms with Crippen molar-refractivity contribution in [1.29, 1.82) is 0 Å². The highest BCUT2D eigenvalue weighted by Crippen LogP contribution is 2.25. The van der Waals surface area contributed by atoms with E-state index in [0.29, 0.717) is 12.0 Å². The summed E-state index contributed by atoms with van der Waals surface area (Å²) in [4.78, 5) is 12.2. The molecule has 0 aliphatic carbocycles. The summed E-state index contributed by atoms with van der Waals surface area (Å²) in [6.45, 7) is 2.09. The molecule has 0 radical (unpaired) electrons. The standard InChI is InChI=1S/C19H19NO3/c1-13-7-4-5-10-16(13)15-9-6-8-14(11-15)12-17-18(21)20(2)23-19(17)22-3/h4-11H,12H2,1-3H3. The quantitative estimate of drug-likeness (QED) is 0.740. The Hall–Kier alpha value is -2.75. The van der Waals surface area contributed by atoms with Crippen molar-refractivity contribution in [1.82, 2.24) is 4.74 Å². The fourth-order valence-corrected chi connectivity index (χ4v) is 2.76. The zero-order valence-electron chi connectivity index (χ0n) is 13.5. The summed E-state index contributed by atoms with van der Waals surface area (Å²) in [5.74, 6) is 0.277. The van der Waals surface area contributed by atoms with Crippen LogP contribution in [0.15, 0.2) is 57.8 Å². The van der Waals surface area contributed by atoms with Crippen LogP contribution >= 0.6 is 0 Å². The van der Waals surface area contributed by atoms with Crippen LogP contribution in [0.25, 0.3) is 11.1 Å². The summed E-state index contributed by atoms with van der Waals surface area (Å²) >= 11 is 0. The van der Waals surface area contributed by atoms with Crippen molar-refractivity contribution < 1.29 is 9.26 Å². The maximum Gasteiger partial charge on any atom is 0.315 e. The van der Waals surface area contributed by atoms with Crippen molar-refractivity contribution in [3.8, 4) is 17.1 Å². The normalized spacial score (nSPS) is 10.7. The molecule has 0 aliphatic heterocycles. The second-order valence-corrected chi connectivity index (χ2v) is 5.56. The predicted octanol–water partition coefficient (Wildman–Crippen LogP) is 3.55. The molecule has 0 fully saturated rings. The van der Waals surface area contributed by atoms with E-state index in [4.69, 9.17) is 9.26 Å². The first-order chi connectivity index (χ1) is 11.1. The second kappa shape index (κ2) is 6.16. The first kappa shape index (κ1) is 15.2. The Labute approximate surface area is 134 Å². The van der Waals surface area contributed by atoms with Gasteiger partial charge in [0.15, 0.2) is 0 Å². The number of aryl methyl sites for hydroxylation is 2. The molecule has 0 saturated carbocycles. The fraction of sp³-hybridized carbons (Fsp3) is 0.211. The highest BCUT2D eigenvalue weighted by Gasteiger charge is 2.16. The largest absolute Gasteiger partial charge is 0.467 e. The summed E-state index contributed by atoms with van der Waals surface area (Å²) in [7, 11) is 3.09. The molecule has 3 rings (SSSR count). The summed E-state index contributed by atoms with van der Waals surface area (Å²) in [5, 5.41) is 0. The van der Waals surface area contributed by atoms with Crippen LogP contribution in [0, 0.1) is 6.92 Å². The molecule has 118 valence electrons. The SMILES string of the molecule is COc1on(C)c(=O)c1Cc1cccc(-c2ccccc2C)c1. The molecule has 2 aromatic carbocycles. The summed E-state index contributed by atoms with van der Waals surface area (Å²) in [6, 6.07) is 16.5. The van der Waals surface area contributed by atoms with Gasteiger partial charge in [0.05, 0.1) is 7.11 Å². The highest BCUT2D eigenvalue weighted by atomic mass is 16.6. The number of ether oxygens (including phenoxy) is 1. The third-order valence-electron chi connectivity index (χ3n) is 3.96. The molecule has 0 N–H and O–H groups in total. The van der Waals surface area contributed by atoms with E-state index in [1.807, 2.05) is 24.3 Å².